The van der Waals surface area contributed by atoms with Gasteiger partial charge in [0.1, 0.15) is 6.54 Å². The number of halogens is 3. The summed E-state index contributed by atoms with van der Waals surface area (Å²) in [6.45, 7) is 3.67. The van der Waals surface area contributed by atoms with Gasteiger partial charge in [0.25, 0.3) is 5.91 Å². The highest BCUT2D eigenvalue weighted by Gasteiger charge is 2.30. The van der Waals surface area contributed by atoms with Crippen molar-refractivity contribution in [2.45, 2.75) is 19.6 Å². The fraction of sp³-hybridized carbons (Fsp3) is 0.312. The topological polar surface area (TPSA) is 33.5 Å². The molecule has 3 nitrogen and oxygen atoms in total. The van der Waals surface area contributed by atoms with Crippen molar-refractivity contribution >= 4 is 22.9 Å². The third kappa shape index (κ3) is 5.37. The maximum atomic E-state index is 12.7. The molecule has 0 radical (unpaired) electrons. The highest BCUT2D eigenvalue weighted by Crippen LogP contribution is 2.30. The lowest BCUT2D eigenvalue weighted by Crippen LogP contribution is -3.11. The molecule has 0 saturated heterocycles. The molecule has 0 aliphatic carbocycles. The van der Waals surface area contributed by atoms with Crippen LogP contribution in [0.4, 0.5) is 18.9 Å². The lowest BCUT2D eigenvalue weighted by Gasteiger charge is -2.16. The van der Waals surface area contributed by atoms with E-state index < -0.39 is 11.7 Å². The van der Waals surface area contributed by atoms with Gasteiger partial charge in [-0.25, -0.2) is 0 Å². The molecule has 0 aliphatic heterocycles. The minimum atomic E-state index is -4.42. The minimum Gasteiger partial charge on any atom is -0.323 e. The van der Waals surface area contributed by atoms with E-state index >= 15 is 0 Å². The quantitative estimate of drug-likeness (QED) is 0.831. The first kappa shape index (κ1) is 17.5. The average molecular weight is 343 g/mol. The first-order valence-corrected chi connectivity index (χ1v) is 8.09. The number of benzene rings is 1. The van der Waals surface area contributed by atoms with Gasteiger partial charge in [0, 0.05) is 5.69 Å². The Bertz CT molecular complexity index is 641. The predicted octanol–water partition coefficient (Wildman–Crippen LogP) is 2.81. The number of alkyl halides is 3. The van der Waals surface area contributed by atoms with E-state index in [1.165, 1.54) is 17.0 Å². The summed E-state index contributed by atoms with van der Waals surface area (Å²) in [7, 11) is 0. The Morgan fingerprint density at radius 1 is 1.26 bits per heavy atom. The normalized spacial score (nSPS) is 12.9. The van der Waals surface area contributed by atoms with E-state index in [0.717, 1.165) is 30.1 Å². The van der Waals surface area contributed by atoms with Crippen molar-refractivity contribution in [3.8, 4) is 0 Å². The minimum absolute atomic E-state index is 0.163. The van der Waals surface area contributed by atoms with Crippen molar-refractivity contribution in [1.29, 1.82) is 0 Å². The zero-order valence-corrected chi connectivity index (χ0v) is 13.4. The molecule has 1 amide bonds. The number of carbonyl (C=O) groups excluding carboxylic acids is 1. The molecular formula is C16H18F3N2OS+. The first-order chi connectivity index (χ1) is 10.9. The summed E-state index contributed by atoms with van der Waals surface area (Å²) in [5.41, 5.74) is -0.606. The molecule has 1 aromatic carbocycles. The van der Waals surface area contributed by atoms with Gasteiger partial charge in [0.05, 0.1) is 17.0 Å². The third-order valence-corrected chi connectivity index (χ3v) is 4.26. The summed E-state index contributed by atoms with van der Waals surface area (Å²) in [5, 5.41) is 4.52. The Labute approximate surface area is 136 Å². The summed E-state index contributed by atoms with van der Waals surface area (Å²) in [6, 6.07) is 8.63. The first-order valence-electron chi connectivity index (χ1n) is 7.21. The van der Waals surface area contributed by atoms with Crippen molar-refractivity contribution in [3.63, 3.8) is 0 Å². The molecule has 2 N–H and O–H groups in total. The summed E-state index contributed by atoms with van der Waals surface area (Å²) in [5.74, 6) is -0.294. The Hall–Kier alpha value is -1.86. The van der Waals surface area contributed by atoms with Crippen molar-refractivity contribution in [2.75, 3.05) is 18.4 Å². The molecule has 0 spiro atoms. The third-order valence-electron chi connectivity index (χ3n) is 3.39. The van der Waals surface area contributed by atoms with Gasteiger partial charge in [-0.15, -0.1) is 11.3 Å². The largest absolute Gasteiger partial charge is 0.416 e. The van der Waals surface area contributed by atoms with E-state index in [0.29, 0.717) is 0 Å². The number of likely N-dealkylation sites (N-methyl/N-ethyl adjacent to an activating group) is 1. The van der Waals surface area contributed by atoms with Gasteiger partial charge in [-0.2, -0.15) is 13.2 Å². The molecule has 7 heteroatoms. The second kappa shape index (κ2) is 7.61. The monoisotopic (exact) mass is 343 g/mol. The molecule has 2 aromatic rings. The van der Waals surface area contributed by atoms with Gasteiger partial charge < -0.3 is 10.2 Å². The second-order valence-corrected chi connectivity index (χ2v) is 6.20. The Balaban J connectivity index is 1.96. The number of carbonyl (C=O) groups is 1. The predicted molar refractivity (Wildman–Crippen MR) is 84.5 cm³/mol. The van der Waals surface area contributed by atoms with Gasteiger partial charge in [-0.05, 0) is 36.6 Å². The van der Waals surface area contributed by atoms with Gasteiger partial charge in [-0.1, -0.05) is 12.1 Å². The molecule has 0 aliphatic rings. The smallest absolute Gasteiger partial charge is 0.323 e. The number of anilines is 1. The molecule has 1 atom stereocenters. The van der Waals surface area contributed by atoms with Crippen LogP contribution < -0.4 is 10.2 Å². The highest BCUT2D eigenvalue weighted by atomic mass is 32.1. The molecule has 0 bridgehead atoms. The van der Waals surface area contributed by atoms with Crippen LogP contribution in [-0.4, -0.2) is 19.0 Å². The van der Waals surface area contributed by atoms with Gasteiger partial charge in [0.15, 0.2) is 6.54 Å². The van der Waals surface area contributed by atoms with Crippen molar-refractivity contribution < 1.29 is 22.9 Å². The zero-order valence-electron chi connectivity index (χ0n) is 12.6. The molecule has 124 valence electrons. The van der Waals surface area contributed by atoms with Crippen LogP contribution >= 0.6 is 11.3 Å². The van der Waals surface area contributed by atoms with E-state index in [1.807, 2.05) is 24.4 Å². The van der Waals surface area contributed by atoms with Crippen molar-refractivity contribution in [1.82, 2.24) is 0 Å². The van der Waals surface area contributed by atoms with Crippen LogP contribution in [0.2, 0.25) is 0 Å². The summed E-state index contributed by atoms with van der Waals surface area (Å²) in [4.78, 5) is 14.3. The fourth-order valence-corrected chi connectivity index (χ4v) is 2.95. The van der Waals surface area contributed by atoms with E-state index in [1.54, 1.807) is 11.3 Å². The lowest BCUT2D eigenvalue weighted by atomic mass is 10.2. The Morgan fingerprint density at radius 3 is 2.65 bits per heavy atom. The van der Waals surface area contributed by atoms with Gasteiger partial charge in [0.2, 0.25) is 0 Å². The number of hydrogen-bond acceptors (Lipinski definition) is 2. The molecule has 1 aromatic heterocycles. The fourth-order valence-electron chi connectivity index (χ4n) is 2.18. The van der Waals surface area contributed by atoms with Crippen LogP contribution in [0, 0.1) is 0 Å². The van der Waals surface area contributed by atoms with E-state index in [4.69, 9.17) is 0 Å². The number of rotatable bonds is 6. The summed E-state index contributed by atoms with van der Waals surface area (Å²) >= 11 is 1.62. The average Bonchev–Trinajstić information content (AvgIpc) is 2.99. The number of thiophene rings is 1. The van der Waals surface area contributed by atoms with Crippen LogP contribution in [0.15, 0.2) is 41.8 Å². The van der Waals surface area contributed by atoms with E-state index in [-0.39, 0.29) is 18.1 Å². The second-order valence-electron chi connectivity index (χ2n) is 5.16. The highest BCUT2D eigenvalue weighted by molar-refractivity contribution is 7.09. The lowest BCUT2D eigenvalue weighted by molar-refractivity contribution is -0.903. The molecule has 2 rings (SSSR count). The van der Waals surface area contributed by atoms with E-state index in [9.17, 15) is 18.0 Å². The van der Waals surface area contributed by atoms with Gasteiger partial charge >= 0.3 is 6.18 Å². The van der Waals surface area contributed by atoms with Crippen LogP contribution in [0.5, 0.6) is 0 Å². The van der Waals surface area contributed by atoms with Crippen molar-refractivity contribution in [3.05, 3.63) is 52.2 Å². The molecule has 1 heterocycles. The summed E-state index contributed by atoms with van der Waals surface area (Å²) < 4.78 is 38.0. The number of nitrogens with one attached hydrogen (secondary N) is 2. The molecular weight excluding hydrogens is 325 g/mol. The summed E-state index contributed by atoms with van der Waals surface area (Å²) in [6.07, 6.45) is -4.42. The Kier molecular flexibility index (Phi) is 5.79. The van der Waals surface area contributed by atoms with Gasteiger partial charge in [-0.3, -0.25) is 4.79 Å². The van der Waals surface area contributed by atoms with Crippen molar-refractivity contribution in [2.24, 2.45) is 0 Å². The van der Waals surface area contributed by atoms with Crippen LogP contribution in [0.3, 0.4) is 0 Å². The SMILES string of the molecule is CC[NH+](CC(=O)Nc1cccc(C(F)(F)F)c1)Cc1cccs1. The maximum Gasteiger partial charge on any atom is 0.416 e. The van der Waals surface area contributed by atoms with Crippen LogP contribution in [0.1, 0.15) is 17.4 Å². The molecule has 0 fully saturated rings. The standard InChI is InChI=1S/C16H17F3N2OS/c1-2-21(10-14-7-4-8-23-14)11-15(22)20-13-6-3-5-12(9-13)16(17,18)19/h3-9H,2,10-11H2,1H3,(H,20,22)/p+1. The molecule has 23 heavy (non-hydrogen) atoms. The van der Waals surface area contributed by atoms with Crippen LogP contribution in [-0.2, 0) is 17.5 Å². The molecule has 0 saturated carbocycles. The molecule has 1 unspecified atom stereocenters. The van der Waals surface area contributed by atoms with E-state index in [2.05, 4.69) is 5.32 Å². The zero-order chi connectivity index (χ0) is 16.9. The maximum absolute atomic E-state index is 12.7. The number of amides is 1. The number of quaternary nitrogens is 1. The Morgan fingerprint density at radius 2 is 2.04 bits per heavy atom. The van der Waals surface area contributed by atoms with Crippen LogP contribution in [0.25, 0.3) is 0 Å². The number of hydrogen-bond donors (Lipinski definition) is 2.